The molecule has 3 rings (SSSR count). The first-order chi connectivity index (χ1) is 9.15. The van der Waals surface area contributed by atoms with Crippen molar-refractivity contribution in [1.29, 1.82) is 0 Å². The topological polar surface area (TPSA) is 67.2 Å². The molecule has 0 atom stereocenters. The minimum Gasteiger partial charge on any atom is -0.492 e. The molecule has 2 heterocycles. The molecule has 0 bridgehead atoms. The maximum absolute atomic E-state index is 12.2. The van der Waals surface area contributed by atoms with Gasteiger partial charge in [0.2, 0.25) is 5.88 Å². The van der Waals surface area contributed by atoms with Gasteiger partial charge in [-0.25, -0.2) is 0 Å². The molecule has 0 spiro atoms. The molecular weight excluding hydrogens is 286 g/mol. The average molecular weight is 296 g/mol. The summed E-state index contributed by atoms with van der Waals surface area (Å²) in [6.07, 6.45) is 0. The number of hydrogen-bond acceptors (Lipinski definition) is 5. The van der Waals surface area contributed by atoms with Gasteiger partial charge in [-0.3, -0.25) is 9.36 Å². The molecule has 2 N–H and O–H groups in total. The molecule has 1 aliphatic rings. The number of fused-ring (bicyclic) bond motifs is 1. The number of thioether (sulfide) groups is 1. The van der Waals surface area contributed by atoms with Crippen molar-refractivity contribution in [2.75, 3.05) is 11.1 Å². The molecule has 0 amide bonds. The van der Waals surface area contributed by atoms with E-state index in [0.29, 0.717) is 22.4 Å². The molecule has 0 fully saturated rings. The molecule has 0 radical (unpaired) electrons. The van der Waals surface area contributed by atoms with Crippen LogP contribution in [-0.4, -0.2) is 20.4 Å². The first kappa shape index (κ1) is 12.4. The molecule has 2 aromatic rings. The molecule has 19 heavy (non-hydrogen) atoms. The van der Waals surface area contributed by atoms with Crippen LogP contribution in [0.1, 0.15) is 0 Å². The third-order valence-electron chi connectivity index (χ3n) is 2.77. The van der Waals surface area contributed by atoms with Crippen molar-refractivity contribution in [3.05, 3.63) is 39.6 Å². The van der Waals surface area contributed by atoms with Gasteiger partial charge < -0.3 is 10.4 Å². The zero-order valence-electron chi connectivity index (χ0n) is 9.76. The largest absolute Gasteiger partial charge is 0.492 e. The Hall–Kier alpha value is -1.66. The molecular formula is C12H10ClN3O2S. The van der Waals surface area contributed by atoms with Gasteiger partial charge in [0.05, 0.1) is 0 Å². The van der Waals surface area contributed by atoms with E-state index in [2.05, 4.69) is 10.3 Å². The van der Waals surface area contributed by atoms with E-state index < -0.39 is 0 Å². The molecule has 0 saturated carbocycles. The lowest BCUT2D eigenvalue weighted by Crippen LogP contribution is -2.22. The van der Waals surface area contributed by atoms with Crippen LogP contribution < -0.4 is 10.9 Å². The standard InChI is InChI=1S/C12H10ClN3O2S/c13-7-1-3-8(4-2-7)14-9-10(17)15-12-16(11(9)18)5-6-19-12/h1-4,14,17H,5-6H2. The smallest absolute Gasteiger partial charge is 0.281 e. The predicted molar refractivity (Wildman–Crippen MR) is 75.6 cm³/mol. The van der Waals surface area contributed by atoms with Gasteiger partial charge in [-0.15, -0.1) is 0 Å². The maximum Gasteiger partial charge on any atom is 0.281 e. The maximum atomic E-state index is 12.2. The Morgan fingerprint density at radius 1 is 1.37 bits per heavy atom. The van der Waals surface area contributed by atoms with Gasteiger partial charge in [0.25, 0.3) is 5.56 Å². The van der Waals surface area contributed by atoms with Crippen molar-refractivity contribution in [3.63, 3.8) is 0 Å². The zero-order valence-corrected chi connectivity index (χ0v) is 11.3. The normalized spacial score (nSPS) is 13.3. The third-order valence-corrected chi connectivity index (χ3v) is 3.98. The van der Waals surface area contributed by atoms with Crippen molar-refractivity contribution < 1.29 is 5.11 Å². The Morgan fingerprint density at radius 2 is 2.11 bits per heavy atom. The molecule has 0 aliphatic carbocycles. The Labute approximate surface area is 118 Å². The first-order valence-electron chi connectivity index (χ1n) is 5.64. The van der Waals surface area contributed by atoms with E-state index in [1.54, 1.807) is 28.8 Å². The van der Waals surface area contributed by atoms with Gasteiger partial charge in [-0.1, -0.05) is 23.4 Å². The van der Waals surface area contributed by atoms with E-state index in [9.17, 15) is 9.90 Å². The first-order valence-corrected chi connectivity index (χ1v) is 7.01. The summed E-state index contributed by atoms with van der Waals surface area (Å²) in [4.78, 5) is 16.2. The lowest BCUT2D eigenvalue weighted by atomic mass is 10.3. The quantitative estimate of drug-likeness (QED) is 0.833. The van der Waals surface area contributed by atoms with Crippen LogP contribution in [0.4, 0.5) is 11.4 Å². The highest BCUT2D eigenvalue weighted by Crippen LogP contribution is 2.28. The van der Waals surface area contributed by atoms with Crippen molar-refractivity contribution in [1.82, 2.24) is 9.55 Å². The van der Waals surface area contributed by atoms with E-state index >= 15 is 0 Å². The Bertz CT molecular complexity index is 685. The molecule has 98 valence electrons. The number of aromatic nitrogens is 2. The number of aromatic hydroxyl groups is 1. The van der Waals surface area contributed by atoms with E-state index in [1.165, 1.54) is 11.8 Å². The second-order valence-corrected chi connectivity index (χ2v) is 5.53. The third kappa shape index (κ3) is 2.29. The minimum atomic E-state index is -0.277. The van der Waals surface area contributed by atoms with Crippen LogP contribution in [-0.2, 0) is 6.54 Å². The fourth-order valence-corrected chi connectivity index (χ4v) is 2.91. The van der Waals surface area contributed by atoms with Crippen LogP contribution in [0.15, 0.2) is 34.2 Å². The fourth-order valence-electron chi connectivity index (χ4n) is 1.85. The number of nitrogens with zero attached hydrogens (tertiary/aromatic N) is 2. The molecule has 1 aromatic carbocycles. The average Bonchev–Trinajstić information content (AvgIpc) is 2.85. The molecule has 0 saturated heterocycles. The summed E-state index contributed by atoms with van der Waals surface area (Å²) in [6, 6.07) is 6.87. The molecule has 5 nitrogen and oxygen atoms in total. The number of hydrogen-bond donors (Lipinski definition) is 2. The Kier molecular flexibility index (Phi) is 3.12. The summed E-state index contributed by atoms with van der Waals surface area (Å²) in [6.45, 7) is 0.613. The predicted octanol–water partition coefficient (Wildman–Crippen LogP) is 2.45. The number of halogens is 1. The second kappa shape index (κ2) is 4.79. The summed E-state index contributed by atoms with van der Waals surface area (Å²) < 4.78 is 1.56. The van der Waals surface area contributed by atoms with Crippen LogP contribution in [0.5, 0.6) is 5.88 Å². The van der Waals surface area contributed by atoms with Gasteiger partial charge in [-0.05, 0) is 24.3 Å². The van der Waals surface area contributed by atoms with Crippen LogP contribution in [0.2, 0.25) is 5.02 Å². The van der Waals surface area contributed by atoms with Crippen LogP contribution in [0.25, 0.3) is 0 Å². The Morgan fingerprint density at radius 3 is 2.84 bits per heavy atom. The summed E-state index contributed by atoms with van der Waals surface area (Å²) in [5.41, 5.74) is 0.501. The highest BCUT2D eigenvalue weighted by molar-refractivity contribution is 7.99. The summed E-state index contributed by atoms with van der Waals surface area (Å²) >= 11 is 7.26. The summed E-state index contributed by atoms with van der Waals surface area (Å²) in [5, 5.41) is 13.9. The summed E-state index contributed by atoms with van der Waals surface area (Å²) in [5.74, 6) is 0.520. The fraction of sp³-hybridized carbons (Fsp3) is 0.167. The number of nitrogens with one attached hydrogen (secondary N) is 1. The monoisotopic (exact) mass is 295 g/mol. The highest BCUT2D eigenvalue weighted by atomic mass is 35.5. The van der Waals surface area contributed by atoms with E-state index in [1.807, 2.05) is 0 Å². The molecule has 0 unspecified atom stereocenters. The van der Waals surface area contributed by atoms with Crippen LogP contribution in [0.3, 0.4) is 0 Å². The Balaban J connectivity index is 2.02. The van der Waals surface area contributed by atoms with Crippen molar-refractivity contribution in [2.45, 2.75) is 11.7 Å². The molecule has 1 aliphatic heterocycles. The number of anilines is 2. The van der Waals surface area contributed by atoms with Gasteiger partial charge in [0.15, 0.2) is 10.8 Å². The SMILES string of the molecule is O=c1c(Nc2ccc(Cl)cc2)c(O)nc2n1CCS2. The summed E-state index contributed by atoms with van der Waals surface area (Å²) in [7, 11) is 0. The van der Waals surface area contributed by atoms with E-state index in [4.69, 9.17) is 11.6 Å². The van der Waals surface area contributed by atoms with Crippen molar-refractivity contribution in [2.24, 2.45) is 0 Å². The van der Waals surface area contributed by atoms with Gasteiger partial charge in [0, 0.05) is 23.0 Å². The molecule has 7 heteroatoms. The van der Waals surface area contributed by atoms with Gasteiger partial charge in [0.1, 0.15) is 0 Å². The van der Waals surface area contributed by atoms with E-state index in [-0.39, 0.29) is 17.1 Å². The van der Waals surface area contributed by atoms with Crippen LogP contribution >= 0.6 is 23.4 Å². The van der Waals surface area contributed by atoms with E-state index in [0.717, 1.165) is 5.75 Å². The van der Waals surface area contributed by atoms with Gasteiger partial charge in [-0.2, -0.15) is 4.98 Å². The second-order valence-electron chi connectivity index (χ2n) is 4.03. The zero-order chi connectivity index (χ0) is 13.4. The van der Waals surface area contributed by atoms with Gasteiger partial charge >= 0.3 is 0 Å². The number of benzene rings is 1. The lowest BCUT2D eigenvalue weighted by molar-refractivity contribution is 0.440. The lowest BCUT2D eigenvalue weighted by Gasteiger charge is -2.09. The van der Waals surface area contributed by atoms with Crippen molar-refractivity contribution in [3.8, 4) is 5.88 Å². The highest BCUT2D eigenvalue weighted by Gasteiger charge is 2.20. The molecule has 1 aromatic heterocycles. The van der Waals surface area contributed by atoms with Crippen LogP contribution in [0, 0.1) is 0 Å². The van der Waals surface area contributed by atoms with Crippen molar-refractivity contribution >= 4 is 34.7 Å². The number of rotatable bonds is 2. The minimum absolute atomic E-state index is 0.0913.